The van der Waals surface area contributed by atoms with Crippen LogP contribution in [0, 0.1) is 13.8 Å². The fraction of sp³-hybridized carbons (Fsp3) is 0.412. The summed E-state index contributed by atoms with van der Waals surface area (Å²) in [6.07, 6.45) is 0. The van der Waals surface area contributed by atoms with E-state index in [9.17, 15) is 0 Å². The van der Waals surface area contributed by atoms with Crippen LogP contribution in [0.2, 0.25) is 0 Å². The Bertz CT molecular complexity index is 595. The van der Waals surface area contributed by atoms with Gasteiger partial charge in [-0.2, -0.15) is 0 Å². The van der Waals surface area contributed by atoms with Gasteiger partial charge in [-0.1, -0.05) is 24.3 Å². The molecule has 0 aliphatic heterocycles. The van der Waals surface area contributed by atoms with Crippen LogP contribution in [0.5, 0.6) is 0 Å². The smallest absolute Gasteiger partial charge is 0.144 e. The fourth-order valence-corrected chi connectivity index (χ4v) is 2.35. The molecule has 4 heteroatoms. The first-order valence-electron chi connectivity index (χ1n) is 7.40. The largest absolute Gasteiger partial charge is 0.370 e. The third-order valence-corrected chi connectivity index (χ3v) is 3.37. The molecule has 0 aliphatic rings. The summed E-state index contributed by atoms with van der Waals surface area (Å²) in [6, 6.07) is 10.5. The highest BCUT2D eigenvalue weighted by Gasteiger charge is 2.07. The Hall–Kier alpha value is -1.94. The van der Waals surface area contributed by atoms with Gasteiger partial charge in [0.05, 0.1) is 6.54 Å². The van der Waals surface area contributed by atoms with Crippen LogP contribution < -0.4 is 5.32 Å². The molecular formula is C17H24N4. The molecule has 0 saturated heterocycles. The Morgan fingerprint density at radius 1 is 1.10 bits per heavy atom. The van der Waals surface area contributed by atoms with Gasteiger partial charge in [-0.25, -0.2) is 9.97 Å². The van der Waals surface area contributed by atoms with Crippen molar-refractivity contribution in [1.29, 1.82) is 0 Å². The molecule has 0 bridgehead atoms. The van der Waals surface area contributed by atoms with Crippen molar-refractivity contribution in [3.05, 3.63) is 53.0 Å². The minimum atomic E-state index is 0.744. The second kappa shape index (κ2) is 7.18. The van der Waals surface area contributed by atoms with E-state index in [0.717, 1.165) is 37.0 Å². The Morgan fingerprint density at radius 2 is 1.86 bits per heavy atom. The first-order valence-corrected chi connectivity index (χ1v) is 7.40. The standard InChI is InChI=1S/C17H24N4/c1-5-18-16-10-14(3)19-17(20-16)12-21(4)11-15-9-7-6-8-13(15)2/h6-10H,5,11-12H2,1-4H3,(H,18,19,20). The van der Waals surface area contributed by atoms with Gasteiger partial charge in [-0.3, -0.25) is 4.90 Å². The number of hydrogen-bond donors (Lipinski definition) is 1. The molecule has 0 aliphatic carbocycles. The van der Waals surface area contributed by atoms with Gasteiger partial charge in [0.25, 0.3) is 0 Å². The molecule has 0 amide bonds. The zero-order valence-electron chi connectivity index (χ0n) is 13.3. The van der Waals surface area contributed by atoms with Crippen LogP contribution in [0.25, 0.3) is 0 Å². The Balaban J connectivity index is 2.05. The molecule has 4 nitrogen and oxygen atoms in total. The van der Waals surface area contributed by atoms with Crippen molar-refractivity contribution in [1.82, 2.24) is 14.9 Å². The maximum atomic E-state index is 4.56. The van der Waals surface area contributed by atoms with Gasteiger partial charge in [0.1, 0.15) is 11.6 Å². The number of nitrogens with zero attached hydrogens (tertiary/aromatic N) is 3. The molecule has 112 valence electrons. The van der Waals surface area contributed by atoms with Gasteiger partial charge in [0.15, 0.2) is 0 Å². The molecule has 1 aromatic carbocycles. The van der Waals surface area contributed by atoms with E-state index in [1.54, 1.807) is 0 Å². The Labute approximate surface area is 127 Å². The molecule has 1 N–H and O–H groups in total. The second-order valence-electron chi connectivity index (χ2n) is 5.44. The zero-order valence-corrected chi connectivity index (χ0v) is 13.3. The summed E-state index contributed by atoms with van der Waals surface area (Å²) in [6.45, 7) is 8.74. The van der Waals surface area contributed by atoms with Gasteiger partial charge in [0.2, 0.25) is 0 Å². The van der Waals surface area contributed by atoms with Gasteiger partial charge in [0, 0.05) is 24.8 Å². The van der Waals surface area contributed by atoms with Crippen molar-refractivity contribution in [2.24, 2.45) is 0 Å². The van der Waals surface area contributed by atoms with Crippen molar-refractivity contribution in [3.63, 3.8) is 0 Å². The van der Waals surface area contributed by atoms with E-state index in [-0.39, 0.29) is 0 Å². The third kappa shape index (κ3) is 4.53. The van der Waals surface area contributed by atoms with E-state index in [2.05, 4.69) is 65.3 Å². The van der Waals surface area contributed by atoms with Gasteiger partial charge >= 0.3 is 0 Å². The summed E-state index contributed by atoms with van der Waals surface area (Å²) in [5.41, 5.74) is 3.67. The van der Waals surface area contributed by atoms with Crippen LogP contribution in [0.15, 0.2) is 30.3 Å². The Kier molecular flexibility index (Phi) is 5.28. The Morgan fingerprint density at radius 3 is 2.57 bits per heavy atom. The van der Waals surface area contributed by atoms with Crippen molar-refractivity contribution in [2.75, 3.05) is 18.9 Å². The number of nitrogens with one attached hydrogen (secondary N) is 1. The highest BCUT2D eigenvalue weighted by atomic mass is 15.1. The van der Waals surface area contributed by atoms with E-state index in [1.165, 1.54) is 11.1 Å². The molecule has 0 spiro atoms. The molecule has 0 unspecified atom stereocenters. The lowest BCUT2D eigenvalue weighted by Gasteiger charge is -2.18. The van der Waals surface area contributed by atoms with Crippen LogP contribution in [0.4, 0.5) is 5.82 Å². The number of aryl methyl sites for hydroxylation is 2. The summed E-state index contributed by atoms with van der Waals surface area (Å²) < 4.78 is 0. The molecule has 1 aromatic heterocycles. The normalized spacial score (nSPS) is 10.9. The second-order valence-corrected chi connectivity index (χ2v) is 5.44. The summed E-state index contributed by atoms with van der Waals surface area (Å²) in [4.78, 5) is 11.3. The van der Waals surface area contributed by atoms with Crippen molar-refractivity contribution >= 4 is 5.82 Å². The molecule has 0 radical (unpaired) electrons. The highest BCUT2D eigenvalue weighted by molar-refractivity contribution is 5.35. The van der Waals surface area contributed by atoms with Crippen LogP contribution in [-0.4, -0.2) is 28.5 Å². The van der Waals surface area contributed by atoms with Crippen molar-refractivity contribution in [3.8, 4) is 0 Å². The predicted octanol–water partition coefficient (Wildman–Crippen LogP) is 3.16. The first kappa shape index (κ1) is 15.4. The van der Waals surface area contributed by atoms with Gasteiger partial charge < -0.3 is 5.32 Å². The quantitative estimate of drug-likeness (QED) is 0.884. The number of anilines is 1. The van der Waals surface area contributed by atoms with Crippen LogP contribution in [0.3, 0.4) is 0 Å². The molecule has 2 rings (SSSR count). The van der Waals surface area contributed by atoms with E-state index in [4.69, 9.17) is 0 Å². The lowest BCUT2D eigenvalue weighted by molar-refractivity contribution is 0.310. The van der Waals surface area contributed by atoms with Crippen molar-refractivity contribution in [2.45, 2.75) is 33.9 Å². The fourth-order valence-electron chi connectivity index (χ4n) is 2.35. The third-order valence-electron chi connectivity index (χ3n) is 3.37. The molecule has 2 aromatic rings. The molecule has 0 saturated carbocycles. The average Bonchev–Trinajstić information content (AvgIpc) is 2.41. The molecule has 0 atom stereocenters. The SMILES string of the molecule is CCNc1cc(C)nc(CN(C)Cc2ccccc2C)n1. The van der Waals surface area contributed by atoms with E-state index >= 15 is 0 Å². The summed E-state index contributed by atoms with van der Waals surface area (Å²) in [5, 5.41) is 3.25. The molecular weight excluding hydrogens is 260 g/mol. The number of benzene rings is 1. The molecule has 1 heterocycles. The topological polar surface area (TPSA) is 41.1 Å². The zero-order chi connectivity index (χ0) is 15.2. The summed E-state index contributed by atoms with van der Waals surface area (Å²) in [7, 11) is 2.10. The minimum Gasteiger partial charge on any atom is -0.370 e. The summed E-state index contributed by atoms with van der Waals surface area (Å²) >= 11 is 0. The van der Waals surface area contributed by atoms with Crippen LogP contribution in [-0.2, 0) is 13.1 Å². The van der Waals surface area contributed by atoms with E-state index in [0.29, 0.717) is 0 Å². The van der Waals surface area contributed by atoms with Gasteiger partial charge in [-0.05, 0) is 38.9 Å². The van der Waals surface area contributed by atoms with E-state index < -0.39 is 0 Å². The van der Waals surface area contributed by atoms with Gasteiger partial charge in [-0.15, -0.1) is 0 Å². The highest BCUT2D eigenvalue weighted by Crippen LogP contribution is 2.12. The minimum absolute atomic E-state index is 0.744. The predicted molar refractivity (Wildman–Crippen MR) is 87.3 cm³/mol. The number of hydrogen-bond acceptors (Lipinski definition) is 4. The van der Waals surface area contributed by atoms with Crippen LogP contribution in [0.1, 0.15) is 29.6 Å². The first-order chi connectivity index (χ1) is 10.1. The average molecular weight is 284 g/mol. The number of rotatable bonds is 6. The maximum absolute atomic E-state index is 4.56. The lowest BCUT2D eigenvalue weighted by atomic mass is 10.1. The van der Waals surface area contributed by atoms with Crippen molar-refractivity contribution < 1.29 is 0 Å². The lowest BCUT2D eigenvalue weighted by Crippen LogP contribution is -2.20. The van der Waals surface area contributed by atoms with E-state index in [1.807, 2.05) is 13.0 Å². The maximum Gasteiger partial charge on any atom is 0.144 e. The molecule has 21 heavy (non-hydrogen) atoms. The van der Waals surface area contributed by atoms with Crippen LogP contribution >= 0.6 is 0 Å². The number of aromatic nitrogens is 2. The molecule has 0 fully saturated rings. The monoisotopic (exact) mass is 284 g/mol. The summed E-state index contributed by atoms with van der Waals surface area (Å²) in [5.74, 6) is 1.77.